The third-order valence-electron chi connectivity index (χ3n) is 7.13. The second-order valence-electron chi connectivity index (χ2n) is 9.77. The third-order valence-corrected chi connectivity index (χ3v) is 7.13. The number of piperazine rings is 1. The third kappa shape index (κ3) is 5.84. The predicted octanol–water partition coefficient (Wildman–Crippen LogP) is 3.41. The van der Waals surface area contributed by atoms with Crippen LogP contribution in [0, 0.1) is 18.6 Å². The second-order valence-corrected chi connectivity index (χ2v) is 9.77. The van der Waals surface area contributed by atoms with Crippen LogP contribution in [0.4, 0.5) is 26.2 Å². The Balaban J connectivity index is 1.37. The summed E-state index contributed by atoms with van der Waals surface area (Å²) in [6.07, 6.45) is 2.53. The first kappa shape index (κ1) is 27.3. The van der Waals surface area contributed by atoms with E-state index in [9.17, 15) is 13.6 Å². The van der Waals surface area contributed by atoms with E-state index < -0.39 is 17.6 Å². The first-order valence-electron chi connectivity index (χ1n) is 13.1. The summed E-state index contributed by atoms with van der Waals surface area (Å²) in [6, 6.07) is 4.37. The summed E-state index contributed by atoms with van der Waals surface area (Å²) in [4.78, 5) is 32.8. The molecule has 0 aliphatic carbocycles. The van der Waals surface area contributed by atoms with Crippen LogP contribution in [-0.2, 0) is 17.9 Å². The van der Waals surface area contributed by atoms with Crippen molar-refractivity contribution >= 4 is 34.5 Å². The molecule has 3 aromatic heterocycles. The van der Waals surface area contributed by atoms with E-state index in [4.69, 9.17) is 10.8 Å². The molecular formula is C27H31F2N9O2. The summed E-state index contributed by atoms with van der Waals surface area (Å²) in [6.45, 7) is 9.63. The molecule has 0 saturated carbocycles. The number of aryl methyl sites for hydroxylation is 2. The number of likely N-dealkylation sites (N-methyl/N-ethyl adjacent to an activating group) is 1. The molecule has 0 radical (unpaired) electrons. The lowest BCUT2D eigenvalue weighted by molar-refractivity contribution is -0.137. The van der Waals surface area contributed by atoms with Crippen molar-refractivity contribution in [3.8, 4) is 11.3 Å². The number of imidazole rings is 1. The van der Waals surface area contributed by atoms with Crippen molar-refractivity contribution in [1.29, 1.82) is 0 Å². The van der Waals surface area contributed by atoms with Gasteiger partial charge in [0.1, 0.15) is 22.9 Å². The quantitative estimate of drug-likeness (QED) is 0.284. The second kappa shape index (κ2) is 11.5. The molecule has 4 N–H and O–H groups in total. The summed E-state index contributed by atoms with van der Waals surface area (Å²) in [5.41, 5.74) is 8.25. The minimum absolute atomic E-state index is 0.0582. The zero-order valence-electron chi connectivity index (χ0n) is 22.4. The number of rotatable bonds is 9. The van der Waals surface area contributed by atoms with Crippen molar-refractivity contribution in [3.05, 3.63) is 53.6 Å². The molecule has 4 aromatic rings. The van der Waals surface area contributed by atoms with Gasteiger partial charge in [-0.3, -0.25) is 9.69 Å². The van der Waals surface area contributed by atoms with E-state index >= 15 is 0 Å². The molecule has 11 nitrogen and oxygen atoms in total. The van der Waals surface area contributed by atoms with Crippen LogP contribution in [-0.4, -0.2) is 78.1 Å². The van der Waals surface area contributed by atoms with E-state index in [0.717, 1.165) is 50.6 Å². The fraction of sp³-hybridized carbons (Fsp3) is 0.370. The molecule has 0 amide bonds. The van der Waals surface area contributed by atoms with Crippen molar-refractivity contribution in [3.63, 3.8) is 0 Å². The maximum Gasteiger partial charge on any atom is 0.305 e. The van der Waals surface area contributed by atoms with Crippen molar-refractivity contribution in [2.45, 2.75) is 33.4 Å². The van der Waals surface area contributed by atoms with Gasteiger partial charge >= 0.3 is 5.97 Å². The van der Waals surface area contributed by atoms with Gasteiger partial charge in [0.25, 0.3) is 0 Å². The number of nitrogens with two attached hydrogens (primary N) is 1. The number of carbonyl (C=O) groups is 1. The first-order valence-corrected chi connectivity index (χ1v) is 13.1. The number of benzene rings is 1. The van der Waals surface area contributed by atoms with Gasteiger partial charge < -0.3 is 25.6 Å². The Labute approximate surface area is 229 Å². The largest absolute Gasteiger partial charge is 0.481 e. The monoisotopic (exact) mass is 551 g/mol. The van der Waals surface area contributed by atoms with Crippen molar-refractivity contribution < 1.29 is 18.7 Å². The van der Waals surface area contributed by atoms with Crippen molar-refractivity contribution in [1.82, 2.24) is 34.3 Å². The van der Waals surface area contributed by atoms with Gasteiger partial charge in [-0.05, 0) is 25.6 Å². The van der Waals surface area contributed by atoms with Crippen LogP contribution < -0.4 is 11.1 Å². The van der Waals surface area contributed by atoms with Crippen LogP contribution in [0.15, 0.2) is 30.6 Å². The van der Waals surface area contributed by atoms with Gasteiger partial charge in [-0.25, -0.2) is 28.7 Å². The van der Waals surface area contributed by atoms with E-state index in [2.05, 4.69) is 42.0 Å². The summed E-state index contributed by atoms with van der Waals surface area (Å²) in [5.74, 6) is -1.51. The molecule has 0 atom stereocenters. The summed E-state index contributed by atoms with van der Waals surface area (Å²) < 4.78 is 31.4. The maximum absolute atomic E-state index is 15.0. The Bertz CT molecular complexity index is 1550. The number of halogens is 2. The van der Waals surface area contributed by atoms with E-state index in [1.807, 2.05) is 0 Å². The lowest BCUT2D eigenvalue weighted by atomic mass is 10.1. The number of hydrogen-bond donors (Lipinski definition) is 3. The maximum atomic E-state index is 15.0. The van der Waals surface area contributed by atoms with E-state index in [0.29, 0.717) is 29.4 Å². The van der Waals surface area contributed by atoms with Crippen LogP contribution in [0.1, 0.15) is 24.7 Å². The van der Waals surface area contributed by atoms with E-state index in [1.165, 1.54) is 0 Å². The Morgan fingerprint density at radius 3 is 2.50 bits per heavy atom. The topological polar surface area (TPSA) is 138 Å². The molecule has 4 heterocycles. The average Bonchev–Trinajstić information content (AvgIpc) is 3.25. The number of nitrogen functional groups attached to an aromatic ring is 1. The predicted molar refractivity (Wildman–Crippen MR) is 147 cm³/mol. The Morgan fingerprint density at radius 1 is 1.05 bits per heavy atom. The number of nitrogens with zero attached hydrogens (tertiary/aromatic N) is 7. The highest BCUT2D eigenvalue weighted by Gasteiger charge is 2.19. The lowest BCUT2D eigenvalue weighted by Gasteiger charge is -2.34. The van der Waals surface area contributed by atoms with Crippen molar-refractivity contribution in [2.24, 2.45) is 0 Å². The molecule has 40 heavy (non-hydrogen) atoms. The van der Waals surface area contributed by atoms with Crippen LogP contribution in [0.5, 0.6) is 0 Å². The van der Waals surface area contributed by atoms with Crippen LogP contribution in [0.2, 0.25) is 0 Å². The Morgan fingerprint density at radius 2 is 1.80 bits per heavy atom. The van der Waals surface area contributed by atoms with Crippen LogP contribution in [0.25, 0.3) is 22.3 Å². The number of aromatic nitrogens is 5. The van der Waals surface area contributed by atoms with E-state index in [1.54, 1.807) is 29.8 Å². The summed E-state index contributed by atoms with van der Waals surface area (Å²) in [5, 5.41) is 12.0. The minimum atomic E-state index is -0.993. The number of fused-ring (bicyclic) bond motifs is 1. The molecule has 5 rings (SSSR count). The molecular weight excluding hydrogens is 520 g/mol. The zero-order chi connectivity index (χ0) is 28.4. The standard InChI is InChI=1S/C27H31F2N9O2/c1-3-36-6-8-37(9-7-36)15-18-13-31-23(12-21(18)30)34-27-32-14-20(29)25(35-27)17-10-19(28)26-22(11-17)38(16(2)33-26)5-4-24(39)40/h10-14H,3-9,15H2,1-2H3,(H,39,40)(H3,30,31,32,34,35). The molecule has 0 bridgehead atoms. The number of hydrogen-bond acceptors (Lipinski definition) is 9. The lowest BCUT2D eigenvalue weighted by Crippen LogP contribution is -2.45. The Hall–Kier alpha value is -4.23. The molecule has 13 heteroatoms. The molecule has 0 unspecified atom stereocenters. The fourth-order valence-corrected chi connectivity index (χ4v) is 4.87. The highest BCUT2D eigenvalue weighted by molar-refractivity contribution is 5.83. The Kier molecular flexibility index (Phi) is 7.85. The molecule has 1 saturated heterocycles. The molecule has 1 aromatic carbocycles. The first-order chi connectivity index (χ1) is 19.2. The molecule has 0 spiro atoms. The zero-order valence-corrected chi connectivity index (χ0v) is 22.4. The van der Waals surface area contributed by atoms with Crippen LogP contribution >= 0.6 is 0 Å². The van der Waals surface area contributed by atoms with Crippen LogP contribution in [0.3, 0.4) is 0 Å². The normalized spacial score (nSPS) is 14.6. The summed E-state index contributed by atoms with van der Waals surface area (Å²) in [7, 11) is 0. The minimum Gasteiger partial charge on any atom is -0.481 e. The fourth-order valence-electron chi connectivity index (χ4n) is 4.87. The highest BCUT2D eigenvalue weighted by Crippen LogP contribution is 2.29. The molecule has 1 aliphatic heterocycles. The molecule has 1 fully saturated rings. The van der Waals surface area contributed by atoms with Crippen molar-refractivity contribution in [2.75, 3.05) is 43.8 Å². The number of nitrogens with one attached hydrogen (secondary N) is 1. The average molecular weight is 552 g/mol. The van der Waals surface area contributed by atoms with Gasteiger partial charge in [0.15, 0.2) is 11.6 Å². The van der Waals surface area contributed by atoms with Gasteiger partial charge in [0.2, 0.25) is 5.95 Å². The number of aliphatic carboxylic acids is 1. The van der Waals surface area contributed by atoms with Gasteiger partial charge in [-0.2, -0.15) is 0 Å². The number of anilines is 3. The molecule has 1 aliphatic rings. The number of pyridine rings is 1. The SMILES string of the molecule is CCN1CCN(Cc2cnc(Nc3ncc(F)c(-c4cc(F)c5nc(C)n(CCC(=O)O)c5c4)n3)cc2N)CC1. The molecule has 210 valence electrons. The number of carboxylic acids is 1. The van der Waals surface area contributed by atoms with Gasteiger partial charge in [0, 0.05) is 68.3 Å². The smallest absolute Gasteiger partial charge is 0.305 e. The van der Waals surface area contributed by atoms with Gasteiger partial charge in [-0.15, -0.1) is 0 Å². The highest BCUT2D eigenvalue weighted by atomic mass is 19.1. The number of carboxylic acid groups (broad SMARTS) is 1. The summed E-state index contributed by atoms with van der Waals surface area (Å²) >= 11 is 0. The van der Waals surface area contributed by atoms with Gasteiger partial charge in [-0.1, -0.05) is 6.92 Å². The van der Waals surface area contributed by atoms with E-state index in [-0.39, 0.29) is 35.7 Å². The van der Waals surface area contributed by atoms with Gasteiger partial charge in [0.05, 0.1) is 18.1 Å².